The van der Waals surface area contributed by atoms with Crippen molar-refractivity contribution in [1.82, 2.24) is 4.90 Å². The minimum absolute atomic E-state index is 0.0324. The highest BCUT2D eigenvalue weighted by Crippen LogP contribution is 2.23. The summed E-state index contributed by atoms with van der Waals surface area (Å²) in [7, 11) is 0. The van der Waals surface area contributed by atoms with Gasteiger partial charge in [-0.3, -0.25) is 4.90 Å². The van der Waals surface area contributed by atoms with Gasteiger partial charge in [-0.1, -0.05) is 12.1 Å². The molecule has 1 aliphatic heterocycles. The standard InChI is InChI=1S/C12H18N2OS/c1-9(10-2-4-11(13)5-3-10)14-6-7-15-12(16)8-14/h2-5,9,12,16H,6-8,13H2,1H3. The highest BCUT2D eigenvalue weighted by Gasteiger charge is 2.22. The maximum absolute atomic E-state index is 5.68. The molecule has 0 spiro atoms. The van der Waals surface area contributed by atoms with Crippen LogP contribution in [0.1, 0.15) is 18.5 Å². The van der Waals surface area contributed by atoms with Crippen molar-refractivity contribution >= 4 is 18.3 Å². The molecule has 1 aromatic rings. The monoisotopic (exact) mass is 238 g/mol. The fourth-order valence-electron chi connectivity index (χ4n) is 1.99. The first-order valence-electron chi connectivity index (χ1n) is 5.56. The van der Waals surface area contributed by atoms with Crippen LogP contribution in [0.4, 0.5) is 5.69 Å². The molecular weight excluding hydrogens is 220 g/mol. The predicted molar refractivity (Wildman–Crippen MR) is 69.6 cm³/mol. The van der Waals surface area contributed by atoms with Gasteiger partial charge >= 0.3 is 0 Å². The van der Waals surface area contributed by atoms with E-state index in [1.807, 2.05) is 12.1 Å². The number of hydrogen-bond acceptors (Lipinski definition) is 4. The summed E-state index contributed by atoms with van der Waals surface area (Å²) in [6.45, 7) is 4.79. The van der Waals surface area contributed by atoms with Gasteiger partial charge in [0, 0.05) is 24.8 Å². The van der Waals surface area contributed by atoms with Gasteiger partial charge in [-0.25, -0.2) is 0 Å². The highest BCUT2D eigenvalue weighted by atomic mass is 32.1. The van der Waals surface area contributed by atoms with Gasteiger partial charge in [0.2, 0.25) is 0 Å². The number of nitrogen functional groups attached to an aromatic ring is 1. The second-order valence-electron chi connectivity index (χ2n) is 4.16. The van der Waals surface area contributed by atoms with Gasteiger partial charge in [-0.05, 0) is 24.6 Å². The first-order chi connectivity index (χ1) is 7.66. The number of nitrogens with zero attached hydrogens (tertiary/aromatic N) is 1. The largest absolute Gasteiger partial charge is 0.399 e. The smallest absolute Gasteiger partial charge is 0.113 e. The van der Waals surface area contributed by atoms with Gasteiger partial charge in [0.15, 0.2) is 0 Å². The minimum Gasteiger partial charge on any atom is -0.399 e. The van der Waals surface area contributed by atoms with Crippen molar-refractivity contribution in [3.63, 3.8) is 0 Å². The van der Waals surface area contributed by atoms with Gasteiger partial charge in [0.1, 0.15) is 5.44 Å². The average molecular weight is 238 g/mol. The molecule has 3 nitrogen and oxygen atoms in total. The summed E-state index contributed by atoms with van der Waals surface area (Å²) in [6.07, 6.45) is 0. The predicted octanol–water partition coefficient (Wildman–Crippen LogP) is 1.92. The molecule has 1 aliphatic rings. The fraction of sp³-hybridized carbons (Fsp3) is 0.500. The molecular formula is C12H18N2OS. The number of thiol groups is 1. The van der Waals surface area contributed by atoms with Crippen LogP contribution in [0.3, 0.4) is 0 Å². The molecule has 4 heteroatoms. The van der Waals surface area contributed by atoms with Crippen molar-refractivity contribution in [3.05, 3.63) is 29.8 Å². The molecule has 0 aliphatic carbocycles. The van der Waals surface area contributed by atoms with Gasteiger partial charge in [0.05, 0.1) is 6.61 Å². The van der Waals surface area contributed by atoms with Crippen molar-refractivity contribution in [3.8, 4) is 0 Å². The SMILES string of the molecule is CC(c1ccc(N)cc1)N1CCOC(S)C1. The van der Waals surface area contributed by atoms with Crippen molar-refractivity contribution in [2.45, 2.75) is 18.4 Å². The van der Waals surface area contributed by atoms with Gasteiger partial charge in [-0.15, -0.1) is 12.6 Å². The summed E-state index contributed by atoms with van der Waals surface area (Å²) >= 11 is 4.36. The summed E-state index contributed by atoms with van der Waals surface area (Å²) in [5.41, 5.74) is 7.81. The van der Waals surface area contributed by atoms with E-state index in [0.717, 1.165) is 25.4 Å². The number of rotatable bonds is 2. The van der Waals surface area contributed by atoms with Crippen molar-refractivity contribution < 1.29 is 4.74 Å². The molecule has 0 radical (unpaired) electrons. The zero-order valence-corrected chi connectivity index (χ0v) is 10.4. The molecule has 2 atom stereocenters. The Hall–Kier alpha value is -0.710. The lowest BCUT2D eigenvalue weighted by atomic mass is 10.1. The number of nitrogens with two attached hydrogens (primary N) is 1. The third-order valence-electron chi connectivity index (χ3n) is 3.05. The molecule has 0 bridgehead atoms. The molecule has 88 valence electrons. The van der Waals surface area contributed by atoms with E-state index in [2.05, 4.69) is 36.6 Å². The van der Waals surface area contributed by atoms with Crippen LogP contribution >= 0.6 is 12.6 Å². The second kappa shape index (κ2) is 5.08. The molecule has 1 heterocycles. The fourth-order valence-corrected chi connectivity index (χ4v) is 2.30. The molecule has 0 saturated carbocycles. The summed E-state index contributed by atoms with van der Waals surface area (Å²) in [5.74, 6) is 0. The van der Waals surface area contributed by atoms with Crippen LogP contribution in [0.5, 0.6) is 0 Å². The van der Waals surface area contributed by atoms with Crippen LogP contribution < -0.4 is 5.73 Å². The zero-order chi connectivity index (χ0) is 11.5. The Morgan fingerprint density at radius 2 is 2.12 bits per heavy atom. The third-order valence-corrected chi connectivity index (χ3v) is 3.36. The third kappa shape index (κ3) is 2.70. The van der Waals surface area contributed by atoms with Crippen LogP contribution in [-0.4, -0.2) is 30.0 Å². The molecule has 1 fully saturated rings. The molecule has 2 rings (SSSR count). The maximum Gasteiger partial charge on any atom is 0.113 e. The van der Waals surface area contributed by atoms with Gasteiger partial charge in [-0.2, -0.15) is 0 Å². The summed E-state index contributed by atoms with van der Waals surface area (Å²) < 4.78 is 5.42. The number of morpholine rings is 1. The van der Waals surface area contributed by atoms with Crippen molar-refractivity contribution in [1.29, 1.82) is 0 Å². The Balaban J connectivity index is 2.06. The summed E-state index contributed by atoms with van der Waals surface area (Å²) in [6, 6.07) is 8.46. The minimum atomic E-state index is 0.0324. The number of ether oxygens (including phenoxy) is 1. The van der Waals surface area contributed by atoms with Crippen LogP contribution in [0, 0.1) is 0 Å². The van der Waals surface area contributed by atoms with Crippen LogP contribution in [0.2, 0.25) is 0 Å². The van der Waals surface area contributed by atoms with Crippen LogP contribution in [0.25, 0.3) is 0 Å². The van der Waals surface area contributed by atoms with E-state index in [-0.39, 0.29) is 5.44 Å². The highest BCUT2D eigenvalue weighted by molar-refractivity contribution is 7.80. The van der Waals surface area contributed by atoms with E-state index in [4.69, 9.17) is 10.5 Å². The molecule has 1 aromatic carbocycles. The van der Waals surface area contributed by atoms with Crippen LogP contribution in [-0.2, 0) is 4.74 Å². The van der Waals surface area contributed by atoms with E-state index in [0.29, 0.717) is 6.04 Å². The lowest BCUT2D eigenvalue weighted by Crippen LogP contribution is -2.41. The first-order valence-corrected chi connectivity index (χ1v) is 6.07. The Kier molecular flexibility index (Phi) is 3.74. The Labute approximate surface area is 102 Å². The molecule has 2 N–H and O–H groups in total. The van der Waals surface area contributed by atoms with E-state index in [9.17, 15) is 0 Å². The molecule has 1 saturated heterocycles. The molecule has 0 amide bonds. The number of hydrogen-bond donors (Lipinski definition) is 2. The Bertz CT molecular complexity index is 341. The number of benzene rings is 1. The molecule has 16 heavy (non-hydrogen) atoms. The first kappa shape index (κ1) is 11.8. The number of anilines is 1. The average Bonchev–Trinajstić information content (AvgIpc) is 2.29. The summed E-state index contributed by atoms with van der Waals surface area (Å²) in [5, 5.41) is 0. The van der Waals surface area contributed by atoms with Crippen molar-refractivity contribution in [2.24, 2.45) is 0 Å². The van der Waals surface area contributed by atoms with Crippen molar-refractivity contribution in [2.75, 3.05) is 25.4 Å². The molecule has 2 unspecified atom stereocenters. The second-order valence-corrected chi connectivity index (χ2v) is 4.74. The van der Waals surface area contributed by atoms with Gasteiger partial charge in [0.25, 0.3) is 0 Å². The molecule has 0 aromatic heterocycles. The van der Waals surface area contributed by atoms with E-state index in [1.54, 1.807) is 0 Å². The topological polar surface area (TPSA) is 38.5 Å². The van der Waals surface area contributed by atoms with Crippen LogP contribution in [0.15, 0.2) is 24.3 Å². The Morgan fingerprint density at radius 1 is 1.44 bits per heavy atom. The van der Waals surface area contributed by atoms with Gasteiger partial charge < -0.3 is 10.5 Å². The van der Waals surface area contributed by atoms with E-state index >= 15 is 0 Å². The summed E-state index contributed by atoms with van der Waals surface area (Å²) in [4.78, 5) is 2.38. The Morgan fingerprint density at radius 3 is 2.75 bits per heavy atom. The van der Waals surface area contributed by atoms with E-state index < -0.39 is 0 Å². The van der Waals surface area contributed by atoms with E-state index in [1.165, 1.54) is 5.56 Å². The normalized spacial score (nSPS) is 24.2. The zero-order valence-electron chi connectivity index (χ0n) is 9.47. The maximum atomic E-state index is 5.68. The lowest BCUT2D eigenvalue weighted by Gasteiger charge is -2.35. The quantitative estimate of drug-likeness (QED) is 0.611. The lowest BCUT2D eigenvalue weighted by molar-refractivity contribution is 0.00268.